The molecular weight excluding hydrogens is 210 g/mol. The van der Waals surface area contributed by atoms with Crippen molar-refractivity contribution in [2.45, 2.75) is 25.8 Å². The highest BCUT2D eigenvalue weighted by molar-refractivity contribution is 6.17. The Morgan fingerprint density at radius 2 is 2.33 bits per heavy atom. The fraction of sp³-hybridized carbons (Fsp3) is 0.727. The first-order valence-electron chi connectivity index (χ1n) is 5.59. The highest BCUT2D eigenvalue weighted by Gasteiger charge is 2.40. The van der Waals surface area contributed by atoms with Crippen LogP contribution in [0.15, 0.2) is 18.5 Å². The van der Waals surface area contributed by atoms with Gasteiger partial charge in [-0.3, -0.25) is 4.68 Å². The maximum Gasteiger partial charge on any atom is 0.0533 e. The fourth-order valence-electron chi connectivity index (χ4n) is 1.87. The molecule has 1 heterocycles. The van der Waals surface area contributed by atoms with E-state index in [-0.39, 0.29) is 0 Å². The van der Waals surface area contributed by atoms with Gasteiger partial charge < -0.3 is 5.32 Å². The molecule has 0 bridgehead atoms. The second-order valence-electron chi connectivity index (χ2n) is 4.38. The molecule has 1 aliphatic rings. The van der Waals surface area contributed by atoms with Crippen LogP contribution in [0.5, 0.6) is 0 Å². The lowest BCUT2D eigenvalue weighted by atomic mass is 10.0. The Hall–Kier alpha value is -0.540. The molecular formula is C11H18ClN3. The van der Waals surface area contributed by atoms with Crippen molar-refractivity contribution in [2.24, 2.45) is 5.41 Å². The van der Waals surface area contributed by atoms with Crippen LogP contribution < -0.4 is 5.32 Å². The maximum atomic E-state index is 5.78. The van der Waals surface area contributed by atoms with E-state index in [2.05, 4.69) is 10.4 Å². The van der Waals surface area contributed by atoms with Crippen LogP contribution in [0.4, 0.5) is 0 Å². The van der Waals surface area contributed by atoms with Gasteiger partial charge in [0.05, 0.1) is 6.54 Å². The predicted octanol–water partition coefficient (Wildman–Crippen LogP) is 1.88. The molecule has 1 aliphatic carbocycles. The van der Waals surface area contributed by atoms with Crippen LogP contribution >= 0.6 is 11.6 Å². The van der Waals surface area contributed by atoms with E-state index < -0.39 is 0 Å². The van der Waals surface area contributed by atoms with Gasteiger partial charge in [0.25, 0.3) is 0 Å². The van der Waals surface area contributed by atoms with E-state index in [4.69, 9.17) is 11.6 Å². The minimum atomic E-state index is 0.534. The Balaban J connectivity index is 1.59. The number of halogens is 1. The van der Waals surface area contributed by atoms with E-state index >= 15 is 0 Å². The highest BCUT2D eigenvalue weighted by atomic mass is 35.5. The third-order valence-electron chi connectivity index (χ3n) is 3.16. The normalized spacial score (nSPS) is 17.9. The maximum absolute atomic E-state index is 5.78. The van der Waals surface area contributed by atoms with Gasteiger partial charge in [-0.05, 0) is 30.7 Å². The number of alkyl halides is 1. The summed E-state index contributed by atoms with van der Waals surface area (Å²) in [7, 11) is 0. The molecule has 0 saturated heterocycles. The van der Waals surface area contributed by atoms with Crippen molar-refractivity contribution in [3.8, 4) is 0 Å². The first-order valence-corrected chi connectivity index (χ1v) is 6.12. The number of hydrogen-bond donors (Lipinski definition) is 1. The van der Waals surface area contributed by atoms with E-state index in [0.29, 0.717) is 5.41 Å². The number of nitrogens with zero attached hydrogens (tertiary/aromatic N) is 2. The number of hydrogen-bond acceptors (Lipinski definition) is 2. The van der Waals surface area contributed by atoms with Crippen molar-refractivity contribution in [1.82, 2.24) is 15.1 Å². The van der Waals surface area contributed by atoms with Crippen LogP contribution in [0.25, 0.3) is 0 Å². The first kappa shape index (κ1) is 11.0. The minimum Gasteiger partial charge on any atom is -0.314 e. The molecule has 3 nitrogen and oxygen atoms in total. The van der Waals surface area contributed by atoms with Crippen molar-refractivity contribution in [3.05, 3.63) is 18.5 Å². The standard InChI is InChI=1S/C11H18ClN3/c12-5-4-11(2-3-11)10-13-7-9-15-8-1-6-14-15/h1,6,8,13H,2-5,7,9-10H2. The number of aromatic nitrogens is 2. The minimum absolute atomic E-state index is 0.534. The summed E-state index contributed by atoms with van der Waals surface area (Å²) < 4.78 is 1.95. The molecule has 0 aliphatic heterocycles. The molecule has 4 heteroatoms. The summed E-state index contributed by atoms with van der Waals surface area (Å²) in [5.41, 5.74) is 0.534. The van der Waals surface area contributed by atoms with Crippen LogP contribution in [0.2, 0.25) is 0 Å². The third-order valence-corrected chi connectivity index (χ3v) is 3.35. The molecule has 0 aromatic carbocycles. The van der Waals surface area contributed by atoms with Gasteiger partial charge in [0, 0.05) is 31.4 Å². The Morgan fingerprint density at radius 1 is 1.47 bits per heavy atom. The Bertz CT molecular complexity index is 280. The highest BCUT2D eigenvalue weighted by Crippen LogP contribution is 2.48. The van der Waals surface area contributed by atoms with Crippen molar-refractivity contribution < 1.29 is 0 Å². The molecule has 1 fully saturated rings. The SMILES string of the molecule is ClCCC1(CNCCn2cccn2)CC1. The summed E-state index contributed by atoms with van der Waals surface area (Å²) in [4.78, 5) is 0. The molecule has 0 radical (unpaired) electrons. The van der Waals surface area contributed by atoms with E-state index in [1.807, 2.05) is 23.1 Å². The summed E-state index contributed by atoms with van der Waals surface area (Å²) in [6, 6.07) is 1.95. The van der Waals surface area contributed by atoms with Gasteiger partial charge >= 0.3 is 0 Å². The molecule has 2 rings (SSSR count). The van der Waals surface area contributed by atoms with Gasteiger partial charge in [0.15, 0.2) is 0 Å². The molecule has 1 aromatic rings. The van der Waals surface area contributed by atoms with Crippen LogP contribution in [-0.2, 0) is 6.54 Å². The van der Waals surface area contributed by atoms with Gasteiger partial charge in [-0.25, -0.2) is 0 Å². The molecule has 0 unspecified atom stereocenters. The average molecular weight is 228 g/mol. The largest absolute Gasteiger partial charge is 0.314 e. The molecule has 1 N–H and O–H groups in total. The average Bonchev–Trinajstić information content (AvgIpc) is 2.80. The van der Waals surface area contributed by atoms with E-state index in [1.165, 1.54) is 12.8 Å². The summed E-state index contributed by atoms with van der Waals surface area (Å²) >= 11 is 5.78. The summed E-state index contributed by atoms with van der Waals surface area (Å²) in [6.07, 6.45) is 7.65. The van der Waals surface area contributed by atoms with Crippen molar-refractivity contribution >= 4 is 11.6 Å². The monoisotopic (exact) mass is 227 g/mol. The second-order valence-corrected chi connectivity index (χ2v) is 4.76. The van der Waals surface area contributed by atoms with E-state index in [9.17, 15) is 0 Å². The Labute approximate surface area is 95.8 Å². The zero-order valence-electron chi connectivity index (χ0n) is 8.95. The number of rotatable bonds is 7. The van der Waals surface area contributed by atoms with Gasteiger partial charge in [-0.2, -0.15) is 5.10 Å². The Morgan fingerprint density at radius 3 is 2.93 bits per heavy atom. The zero-order valence-corrected chi connectivity index (χ0v) is 9.71. The molecule has 0 amide bonds. The second kappa shape index (κ2) is 4.99. The van der Waals surface area contributed by atoms with Gasteiger partial charge in [-0.1, -0.05) is 0 Å². The van der Waals surface area contributed by atoms with Crippen LogP contribution in [0.3, 0.4) is 0 Å². The van der Waals surface area contributed by atoms with Crippen LogP contribution in [-0.4, -0.2) is 28.8 Å². The van der Waals surface area contributed by atoms with Gasteiger partial charge in [-0.15, -0.1) is 11.6 Å². The molecule has 1 aromatic heterocycles. The zero-order chi connectivity index (χ0) is 10.6. The lowest BCUT2D eigenvalue weighted by Crippen LogP contribution is -2.27. The third kappa shape index (κ3) is 3.21. The summed E-state index contributed by atoms with van der Waals surface area (Å²) in [5, 5.41) is 7.65. The quantitative estimate of drug-likeness (QED) is 0.570. The van der Waals surface area contributed by atoms with Crippen LogP contribution in [0.1, 0.15) is 19.3 Å². The van der Waals surface area contributed by atoms with E-state index in [0.717, 1.165) is 31.9 Å². The predicted molar refractivity (Wildman–Crippen MR) is 62.1 cm³/mol. The lowest BCUT2D eigenvalue weighted by Gasteiger charge is -2.14. The fourth-order valence-corrected chi connectivity index (χ4v) is 2.27. The van der Waals surface area contributed by atoms with Gasteiger partial charge in [0.2, 0.25) is 0 Å². The van der Waals surface area contributed by atoms with Gasteiger partial charge in [0.1, 0.15) is 0 Å². The summed E-state index contributed by atoms with van der Waals surface area (Å²) in [6.45, 7) is 3.05. The van der Waals surface area contributed by atoms with Crippen molar-refractivity contribution in [2.75, 3.05) is 19.0 Å². The lowest BCUT2D eigenvalue weighted by molar-refractivity contribution is 0.432. The smallest absolute Gasteiger partial charge is 0.0533 e. The Kier molecular flexibility index (Phi) is 3.65. The summed E-state index contributed by atoms with van der Waals surface area (Å²) in [5.74, 6) is 0.792. The topological polar surface area (TPSA) is 29.9 Å². The van der Waals surface area contributed by atoms with Crippen LogP contribution in [0, 0.1) is 5.41 Å². The van der Waals surface area contributed by atoms with E-state index in [1.54, 1.807) is 0 Å². The van der Waals surface area contributed by atoms with Crippen molar-refractivity contribution in [3.63, 3.8) is 0 Å². The first-order chi connectivity index (χ1) is 7.35. The molecule has 1 saturated carbocycles. The molecule has 15 heavy (non-hydrogen) atoms. The molecule has 0 atom stereocenters. The number of nitrogens with one attached hydrogen (secondary N) is 1. The van der Waals surface area contributed by atoms with Crippen molar-refractivity contribution in [1.29, 1.82) is 0 Å². The molecule has 0 spiro atoms. The molecule has 84 valence electrons.